The fraction of sp³-hybridized carbons (Fsp3) is 0.362. The summed E-state index contributed by atoms with van der Waals surface area (Å²) in [5.74, 6) is -2.58. The number of ether oxygens (including phenoxy) is 3. The van der Waals surface area contributed by atoms with Crippen LogP contribution in [-0.2, 0) is 59.5 Å². The third kappa shape index (κ3) is 18.0. The molecule has 4 rings (SSSR count). The van der Waals surface area contributed by atoms with Crippen molar-refractivity contribution in [3.8, 4) is 5.75 Å². The molecule has 0 aliphatic rings. The Morgan fingerprint density at radius 1 is 0.541 bits per heavy atom. The van der Waals surface area contributed by atoms with E-state index < -0.39 is 72.5 Å². The summed E-state index contributed by atoms with van der Waals surface area (Å²) in [6.07, 6.45) is -0.338. The van der Waals surface area contributed by atoms with Crippen molar-refractivity contribution in [3.63, 3.8) is 0 Å². The maximum Gasteiger partial charge on any atom is 0.408 e. The predicted octanol–water partition coefficient (Wildman–Crippen LogP) is 4.94. The Labute approximate surface area is 357 Å². The zero-order valence-electron chi connectivity index (χ0n) is 35.4. The van der Waals surface area contributed by atoms with Crippen molar-refractivity contribution in [2.24, 2.45) is 5.92 Å². The van der Waals surface area contributed by atoms with Gasteiger partial charge in [0.1, 0.15) is 42.7 Å². The number of hydrogen-bond acceptors (Lipinski definition) is 9. The van der Waals surface area contributed by atoms with Crippen molar-refractivity contribution >= 4 is 35.7 Å². The van der Waals surface area contributed by atoms with Gasteiger partial charge in [-0.05, 0) is 67.5 Å². The molecule has 14 heteroatoms. The lowest BCUT2D eigenvalue weighted by Gasteiger charge is -2.24. The summed E-state index contributed by atoms with van der Waals surface area (Å²) in [5.41, 5.74) is 2.44. The summed E-state index contributed by atoms with van der Waals surface area (Å²) in [6, 6.07) is 31.8. The van der Waals surface area contributed by atoms with Gasteiger partial charge in [-0.15, -0.1) is 0 Å². The van der Waals surface area contributed by atoms with Crippen molar-refractivity contribution in [1.82, 2.24) is 26.6 Å². The van der Waals surface area contributed by atoms with E-state index in [1.807, 2.05) is 80.6 Å². The number of amides is 5. The van der Waals surface area contributed by atoms with Crippen LogP contribution < -0.4 is 31.3 Å². The van der Waals surface area contributed by atoms with Crippen LogP contribution in [0.3, 0.4) is 0 Å². The Bertz CT molecular complexity index is 2020. The topological polar surface area (TPSA) is 190 Å². The normalized spacial score (nSPS) is 12.5. The quantitative estimate of drug-likeness (QED) is 0.0725. The Morgan fingerprint density at radius 2 is 1.05 bits per heavy atom. The van der Waals surface area contributed by atoms with Gasteiger partial charge in [-0.2, -0.15) is 0 Å². The fourth-order valence-electron chi connectivity index (χ4n) is 5.98. The van der Waals surface area contributed by atoms with Gasteiger partial charge in [0.25, 0.3) is 0 Å². The van der Waals surface area contributed by atoms with Crippen LogP contribution in [0.15, 0.2) is 115 Å². The second-order valence-electron chi connectivity index (χ2n) is 15.9. The van der Waals surface area contributed by atoms with E-state index in [9.17, 15) is 28.8 Å². The molecule has 4 aromatic rings. The van der Waals surface area contributed by atoms with Crippen molar-refractivity contribution in [2.75, 3.05) is 13.1 Å². The van der Waals surface area contributed by atoms with E-state index in [4.69, 9.17) is 14.2 Å². The maximum atomic E-state index is 13.7. The summed E-state index contributed by atoms with van der Waals surface area (Å²) in [5, 5.41) is 13.0. The number of esters is 1. The largest absolute Gasteiger partial charge is 0.489 e. The number of carbonyl (C=O) groups excluding carboxylic acids is 6. The second-order valence-corrected chi connectivity index (χ2v) is 15.9. The fourth-order valence-corrected chi connectivity index (χ4v) is 5.98. The smallest absolute Gasteiger partial charge is 0.408 e. The molecule has 0 fully saturated rings. The molecule has 0 heterocycles. The zero-order chi connectivity index (χ0) is 44.2. The van der Waals surface area contributed by atoms with E-state index in [0.717, 1.165) is 16.7 Å². The first-order valence-corrected chi connectivity index (χ1v) is 20.3. The molecule has 0 bridgehead atoms. The highest BCUT2D eigenvalue weighted by atomic mass is 16.6. The molecule has 5 amide bonds. The van der Waals surface area contributed by atoms with E-state index in [2.05, 4.69) is 26.6 Å². The number of alkyl carbamates (subject to hydrolysis) is 1. The lowest BCUT2D eigenvalue weighted by atomic mass is 10.0. The first-order chi connectivity index (χ1) is 29.1. The summed E-state index contributed by atoms with van der Waals surface area (Å²) < 4.78 is 16.8. The van der Waals surface area contributed by atoms with Crippen LogP contribution in [0.4, 0.5) is 4.79 Å². The Morgan fingerprint density at radius 3 is 1.61 bits per heavy atom. The van der Waals surface area contributed by atoms with E-state index in [-0.39, 0.29) is 25.4 Å². The van der Waals surface area contributed by atoms with Crippen LogP contribution in [0.2, 0.25) is 0 Å². The monoisotopic (exact) mass is 835 g/mol. The Hall–Kier alpha value is -6.70. The number of carbonyl (C=O) groups is 6. The van der Waals surface area contributed by atoms with Crippen LogP contribution in [0, 0.1) is 5.92 Å². The van der Waals surface area contributed by atoms with Crippen molar-refractivity contribution in [2.45, 2.75) is 90.8 Å². The molecule has 0 aliphatic heterocycles. The van der Waals surface area contributed by atoms with Gasteiger partial charge >= 0.3 is 12.1 Å². The molecule has 0 spiro atoms. The second kappa shape index (κ2) is 23.8. The minimum absolute atomic E-state index is 0.0350. The molecular weight excluding hydrogens is 779 g/mol. The first kappa shape index (κ1) is 47.0. The number of benzene rings is 4. The Balaban J connectivity index is 1.33. The highest BCUT2D eigenvalue weighted by Gasteiger charge is 2.29. The third-order valence-electron chi connectivity index (χ3n) is 8.95. The number of hydrogen-bond donors (Lipinski definition) is 5. The lowest BCUT2D eigenvalue weighted by Crippen LogP contribution is -2.54. The minimum atomic E-state index is -1.12. The lowest BCUT2D eigenvalue weighted by molar-refractivity contribution is -0.149. The van der Waals surface area contributed by atoms with Crippen LogP contribution in [0.1, 0.15) is 63.3 Å². The molecule has 324 valence electrons. The van der Waals surface area contributed by atoms with E-state index in [0.29, 0.717) is 24.3 Å². The molecule has 5 N–H and O–H groups in total. The van der Waals surface area contributed by atoms with Crippen molar-refractivity contribution < 1.29 is 43.0 Å². The molecule has 0 radical (unpaired) electrons. The van der Waals surface area contributed by atoms with E-state index in [1.54, 1.807) is 69.3 Å². The highest BCUT2D eigenvalue weighted by molar-refractivity contribution is 5.93. The first-order valence-electron chi connectivity index (χ1n) is 20.3. The van der Waals surface area contributed by atoms with Crippen LogP contribution in [0.25, 0.3) is 0 Å². The van der Waals surface area contributed by atoms with Crippen molar-refractivity contribution in [3.05, 3.63) is 138 Å². The number of rotatable bonds is 21. The van der Waals surface area contributed by atoms with Crippen LogP contribution in [-0.4, -0.2) is 72.5 Å². The molecule has 0 saturated heterocycles. The van der Waals surface area contributed by atoms with Gasteiger partial charge in [0, 0.05) is 12.8 Å². The molecule has 0 aromatic heterocycles. The third-order valence-corrected chi connectivity index (χ3v) is 8.95. The molecule has 61 heavy (non-hydrogen) atoms. The highest BCUT2D eigenvalue weighted by Crippen LogP contribution is 2.17. The molecule has 4 aromatic carbocycles. The standard InChI is InChI=1S/C47H57N5O9/c1-32(2)25-40(45(57)60-31-36-19-13-8-14-20-36)51-44(56)39(26-33-15-9-6-10-16-33)50-42(54)29-48-41(53)28-49-43(55)38(52-46(58)61-47(3,4)5)27-34-21-23-37(24-22-34)59-30-35-17-11-7-12-18-35/h6-24,32,38-40H,25-31H2,1-5H3,(H,48,53)(H,49,55)(H,50,54)(H,51,56)(H,52,58)/t38-,39-,40-/m0/s1. The molecule has 14 nitrogen and oxygen atoms in total. The van der Waals surface area contributed by atoms with Gasteiger partial charge in [-0.25, -0.2) is 9.59 Å². The SMILES string of the molecule is CC(C)C[C@H](NC(=O)[C@H](Cc1ccccc1)NC(=O)CNC(=O)CNC(=O)[C@H](Cc1ccc(OCc2ccccc2)cc1)NC(=O)OC(C)(C)C)C(=O)OCc1ccccc1. The molecule has 0 unspecified atom stereocenters. The zero-order valence-corrected chi connectivity index (χ0v) is 35.4. The maximum absolute atomic E-state index is 13.7. The van der Waals surface area contributed by atoms with Gasteiger partial charge in [-0.1, -0.05) is 117 Å². The summed E-state index contributed by atoms with van der Waals surface area (Å²) in [6.45, 7) is 8.30. The van der Waals surface area contributed by atoms with Gasteiger partial charge in [0.05, 0.1) is 13.1 Å². The van der Waals surface area contributed by atoms with Crippen molar-refractivity contribution in [1.29, 1.82) is 0 Å². The van der Waals surface area contributed by atoms with Crippen LogP contribution in [0.5, 0.6) is 5.75 Å². The summed E-state index contributed by atoms with van der Waals surface area (Å²) >= 11 is 0. The average Bonchev–Trinajstić information content (AvgIpc) is 3.23. The van der Waals surface area contributed by atoms with E-state index in [1.165, 1.54) is 0 Å². The Kier molecular flexibility index (Phi) is 18.3. The summed E-state index contributed by atoms with van der Waals surface area (Å²) in [7, 11) is 0. The predicted molar refractivity (Wildman–Crippen MR) is 230 cm³/mol. The molecule has 0 aliphatic carbocycles. The molecular formula is C47H57N5O9. The average molecular weight is 836 g/mol. The minimum Gasteiger partial charge on any atom is -0.489 e. The number of nitrogens with one attached hydrogen (secondary N) is 5. The van der Waals surface area contributed by atoms with Gasteiger partial charge < -0.3 is 40.8 Å². The van der Waals surface area contributed by atoms with Gasteiger partial charge in [0.2, 0.25) is 23.6 Å². The van der Waals surface area contributed by atoms with Gasteiger partial charge in [0.15, 0.2) is 0 Å². The molecule has 3 atom stereocenters. The van der Waals surface area contributed by atoms with Gasteiger partial charge in [-0.3, -0.25) is 19.2 Å². The van der Waals surface area contributed by atoms with E-state index >= 15 is 0 Å². The summed E-state index contributed by atoms with van der Waals surface area (Å²) in [4.78, 5) is 79.0. The molecule has 0 saturated carbocycles. The van der Waals surface area contributed by atoms with Crippen LogP contribution >= 0.6 is 0 Å².